The number of nitrogens with one attached hydrogen (secondary N) is 1. The van der Waals surface area contributed by atoms with E-state index in [1.54, 1.807) is 12.1 Å². The molecule has 2 rings (SSSR count). The van der Waals surface area contributed by atoms with E-state index in [0.717, 1.165) is 18.5 Å². The van der Waals surface area contributed by atoms with E-state index >= 15 is 0 Å². The van der Waals surface area contributed by atoms with Crippen LogP contribution in [0.4, 0.5) is 4.39 Å². The Hall–Kier alpha value is -0.890. The fraction of sp³-hybridized carbons (Fsp3) is 0.455. The summed E-state index contributed by atoms with van der Waals surface area (Å²) in [6.07, 6.45) is 1.04. The first-order valence-electron chi connectivity index (χ1n) is 4.77. The molecule has 2 unspecified atom stereocenters. The molecule has 0 saturated carbocycles. The lowest BCUT2D eigenvalue weighted by Gasteiger charge is -2.15. The second-order valence-corrected chi connectivity index (χ2v) is 3.66. The smallest absolute Gasteiger partial charge is 0.126 e. The Morgan fingerprint density at radius 3 is 2.77 bits per heavy atom. The van der Waals surface area contributed by atoms with Crippen LogP contribution in [0.2, 0.25) is 0 Å². The molecule has 1 N–H and O–H groups in total. The molecule has 1 nitrogen and oxygen atoms in total. The van der Waals surface area contributed by atoms with Crippen LogP contribution in [0.25, 0.3) is 0 Å². The Bertz CT molecular complexity index is 298. The fourth-order valence-electron chi connectivity index (χ4n) is 2.06. The second-order valence-electron chi connectivity index (χ2n) is 3.66. The van der Waals surface area contributed by atoms with E-state index in [2.05, 4.69) is 12.2 Å². The van der Waals surface area contributed by atoms with Crippen LogP contribution in [0.3, 0.4) is 0 Å². The summed E-state index contributed by atoms with van der Waals surface area (Å²) >= 11 is 0. The molecule has 0 radical (unpaired) electrons. The molecule has 70 valence electrons. The first kappa shape index (κ1) is 8.70. The molecule has 1 saturated heterocycles. The molecule has 1 heterocycles. The van der Waals surface area contributed by atoms with Crippen molar-refractivity contribution in [1.29, 1.82) is 0 Å². The number of hydrogen-bond donors (Lipinski definition) is 1. The van der Waals surface area contributed by atoms with E-state index in [1.807, 2.05) is 12.1 Å². The monoisotopic (exact) mass is 179 g/mol. The van der Waals surface area contributed by atoms with Crippen molar-refractivity contribution in [2.75, 3.05) is 6.54 Å². The van der Waals surface area contributed by atoms with Gasteiger partial charge in [-0.05, 0) is 31.5 Å². The molecule has 2 heteroatoms. The number of benzene rings is 1. The average molecular weight is 179 g/mol. The summed E-state index contributed by atoms with van der Waals surface area (Å²) in [6, 6.07) is 7.48. The highest BCUT2D eigenvalue weighted by Crippen LogP contribution is 2.28. The van der Waals surface area contributed by atoms with E-state index in [-0.39, 0.29) is 5.82 Å². The van der Waals surface area contributed by atoms with Gasteiger partial charge in [0.05, 0.1) is 0 Å². The molecule has 2 atom stereocenters. The van der Waals surface area contributed by atoms with Gasteiger partial charge in [0, 0.05) is 12.0 Å². The molecule has 1 aliphatic rings. The maximum Gasteiger partial charge on any atom is 0.126 e. The summed E-state index contributed by atoms with van der Waals surface area (Å²) in [7, 11) is 0. The zero-order chi connectivity index (χ0) is 9.26. The van der Waals surface area contributed by atoms with E-state index in [9.17, 15) is 4.39 Å². The van der Waals surface area contributed by atoms with Crippen molar-refractivity contribution < 1.29 is 4.39 Å². The first-order valence-corrected chi connectivity index (χ1v) is 4.77. The van der Waals surface area contributed by atoms with Crippen LogP contribution < -0.4 is 5.32 Å². The Balaban J connectivity index is 2.29. The molecule has 0 amide bonds. The predicted octanol–water partition coefficient (Wildman–Crippen LogP) is 2.29. The minimum atomic E-state index is -0.0666. The van der Waals surface area contributed by atoms with Gasteiger partial charge in [0.15, 0.2) is 0 Å². The maximum atomic E-state index is 13.4. The van der Waals surface area contributed by atoms with Crippen molar-refractivity contribution in [3.63, 3.8) is 0 Å². The Morgan fingerprint density at radius 1 is 1.38 bits per heavy atom. The number of halogens is 1. The Labute approximate surface area is 78.0 Å². The van der Waals surface area contributed by atoms with Gasteiger partial charge < -0.3 is 5.32 Å². The second kappa shape index (κ2) is 3.46. The SMILES string of the molecule is CC1NCCC1c1ccccc1F. The summed E-state index contributed by atoms with van der Waals surface area (Å²) in [5, 5.41) is 3.33. The van der Waals surface area contributed by atoms with Gasteiger partial charge in [-0.2, -0.15) is 0 Å². The molecule has 0 aromatic heterocycles. The maximum absolute atomic E-state index is 13.4. The number of hydrogen-bond acceptors (Lipinski definition) is 1. The molecule has 1 aromatic rings. The van der Waals surface area contributed by atoms with Crippen LogP contribution in [0.1, 0.15) is 24.8 Å². The summed E-state index contributed by atoms with van der Waals surface area (Å²) in [6.45, 7) is 3.12. The zero-order valence-corrected chi connectivity index (χ0v) is 7.76. The van der Waals surface area contributed by atoms with Crippen molar-refractivity contribution in [2.45, 2.75) is 25.3 Å². The lowest BCUT2D eigenvalue weighted by molar-refractivity contribution is 0.543. The minimum absolute atomic E-state index is 0.0666. The van der Waals surface area contributed by atoms with Crippen molar-refractivity contribution in [2.24, 2.45) is 0 Å². The van der Waals surface area contributed by atoms with Crippen molar-refractivity contribution in [3.05, 3.63) is 35.6 Å². The summed E-state index contributed by atoms with van der Waals surface area (Å²) < 4.78 is 13.4. The van der Waals surface area contributed by atoms with Crippen LogP contribution in [0.15, 0.2) is 24.3 Å². The molecule has 1 fully saturated rings. The summed E-state index contributed by atoms with van der Waals surface area (Å²) in [5.74, 6) is 0.282. The lowest BCUT2D eigenvalue weighted by atomic mass is 9.92. The molecular formula is C11H14FN. The van der Waals surface area contributed by atoms with Gasteiger partial charge in [-0.3, -0.25) is 0 Å². The molecule has 0 aliphatic carbocycles. The third kappa shape index (κ3) is 1.59. The first-order chi connectivity index (χ1) is 6.29. The largest absolute Gasteiger partial charge is 0.314 e. The van der Waals surface area contributed by atoms with Gasteiger partial charge >= 0.3 is 0 Å². The van der Waals surface area contributed by atoms with Gasteiger partial charge in [0.1, 0.15) is 5.82 Å². The standard InChI is InChI=1S/C11H14FN/c1-8-9(6-7-13-8)10-4-2-3-5-11(10)12/h2-5,8-9,13H,6-7H2,1H3. The Kier molecular flexibility index (Phi) is 2.32. The molecule has 0 bridgehead atoms. The third-order valence-corrected chi connectivity index (χ3v) is 2.83. The van der Waals surface area contributed by atoms with Crippen LogP contribution in [-0.4, -0.2) is 12.6 Å². The average Bonchev–Trinajstić information content (AvgIpc) is 2.52. The van der Waals surface area contributed by atoms with Crippen LogP contribution >= 0.6 is 0 Å². The van der Waals surface area contributed by atoms with Gasteiger partial charge in [0.25, 0.3) is 0 Å². The highest BCUT2D eigenvalue weighted by atomic mass is 19.1. The van der Waals surface area contributed by atoms with Gasteiger partial charge in [-0.25, -0.2) is 4.39 Å². The predicted molar refractivity (Wildman–Crippen MR) is 51.2 cm³/mol. The molecule has 13 heavy (non-hydrogen) atoms. The molecule has 1 aliphatic heterocycles. The highest BCUT2D eigenvalue weighted by molar-refractivity contribution is 5.24. The van der Waals surface area contributed by atoms with Crippen molar-refractivity contribution in [1.82, 2.24) is 5.32 Å². The number of rotatable bonds is 1. The molecular weight excluding hydrogens is 165 g/mol. The van der Waals surface area contributed by atoms with Gasteiger partial charge in [0.2, 0.25) is 0 Å². The lowest BCUT2D eigenvalue weighted by Crippen LogP contribution is -2.22. The quantitative estimate of drug-likeness (QED) is 0.697. The topological polar surface area (TPSA) is 12.0 Å². The van der Waals surface area contributed by atoms with E-state index < -0.39 is 0 Å². The third-order valence-electron chi connectivity index (χ3n) is 2.83. The zero-order valence-electron chi connectivity index (χ0n) is 7.76. The summed E-state index contributed by atoms with van der Waals surface area (Å²) in [4.78, 5) is 0. The molecule has 0 spiro atoms. The van der Waals surface area contributed by atoms with Crippen LogP contribution in [0, 0.1) is 5.82 Å². The normalized spacial score (nSPS) is 27.8. The van der Waals surface area contributed by atoms with Crippen molar-refractivity contribution >= 4 is 0 Å². The van der Waals surface area contributed by atoms with Gasteiger partial charge in [-0.1, -0.05) is 18.2 Å². The van der Waals surface area contributed by atoms with E-state index in [1.165, 1.54) is 0 Å². The van der Waals surface area contributed by atoms with Crippen LogP contribution in [-0.2, 0) is 0 Å². The van der Waals surface area contributed by atoms with Crippen LogP contribution in [0.5, 0.6) is 0 Å². The van der Waals surface area contributed by atoms with Gasteiger partial charge in [-0.15, -0.1) is 0 Å². The van der Waals surface area contributed by atoms with E-state index in [0.29, 0.717) is 12.0 Å². The van der Waals surface area contributed by atoms with Crippen molar-refractivity contribution in [3.8, 4) is 0 Å². The van der Waals surface area contributed by atoms with E-state index in [4.69, 9.17) is 0 Å². The fourth-order valence-corrected chi connectivity index (χ4v) is 2.06. The summed E-state index contributed by atoms with van der Waals surface area (Å²) in [5.41, 5.74) is 0.861. The minimum Gasteiger partial charge on any atom is -0.314 e. The highest BCUT2D eigenvalue weighted by Gasteiger charge is 2.26. The Morgan fingerprint density at radius 2 is 2.15 bits per heavy atom. The molecule has 1 aromatic carbocycles.